The molecule has 1 aliphatic rings. The topological polar surface area (TPSA) is 69.9 Å². The molecule has 1 aliphatic heterocycles. The Balaban J connectivity index is 1.41. The second kappa shape index (κ2) is 9.58. The van der Waals surface area contributed by atoms with Gasteiger partial charge in [-0.2, -0.15) is 0 Å². The van der Waals surface area contributed by atoms with Crippen LogP contribution in [0.3, 0.4) is 0 Å². The second-order valence-corrected chi connectivity index (χ2v) is 8.53. The maximum absolute atomic E-state index is 12.7. The number of amides is 1. The lowest BCUT2D eigenvalue weighted by Gasteiger charge is -2.12. The molecule has 1 aromatic heterocycles. The van der Waals surface area contributed by atoms with Crippen LogP contribution in [0.2, 0.25) is 0 Å². The zero-order valence-corrected chi connectivity index (χ0v) is 20.0. The molecule has 0 spiro atoms. The molecule has 6 nitrogen and oxygen atoms in total. The molecule has 178 valence electrons. The van der Waals surface area contributed by atoms with Crippen LogP contribution in [0.1, 0.15) is 30.5 Å². The molecule has 1 N–H and O–H groups in total. The molecule has 0 bridgehead atoms. The molecule has 2 heterocycles. The van der Waals surface area contributed by atoms with E-state index in [4.69, 9.17) is 18.6 Å². The third kappa shape index (κ3) is 4.73. The molecule has 35 heavy (non-hydrogen) atoms. The fourth-order valence-corrected chi connectivity index (χ4v) is 4.16. The molecule has 4 aromatic rings. The van der Waals surface area contributed by atoms with Crippen molar-refractivity contribution in [2.75, 3.05) is 13.4 Å². The van der Waals surface area contributed by atoms with Crippen LogP contribution in [0, 0.1) is 6.92 Å². The molecule has 0 fully saturated rings. The van der Waals surface area contributed by atoms with Crippen molar-refractivity contribution in [3.05, 3.63) is 83.6 Å². The Morgan fingerprint density at radius 2 is 1.86 bits per heavy atom. The SMILES string of the molecule is CCOc1cc2occ(-c3ccc(C)cc3)c2cc1/C(C)=C/C(=O)NCc1ccc2c(c1)OCO2. The first kappa shape index (κ1) is 22.6. The summed E-state index contributed by atoms with van der Waals surface area (Å²) < 4.78 is 22.5. The van der Waals surface area contributed by atoms with E-state index in [1.54, 1.807) is 12.3 Å². The molecule has 0 saturated heterocycles. The zero-order valence-electron chi connectivity index (χ0n) is 20.0. The molecular formula is C29H27NO5. The van der Waals surface area contributed by atoms with Crippen LogP contribution >= 0.6 is 0 Å². The third-order valence-corrected chi connectivity index (χ3v) is 6.01. The van der Waals surface area contributed by atoms with Gasteiger partial charge in [0, 0.05) is 35.2 Å². The van der Waals surface area contributed by atoms with E-state index in [1.165, 1.54) is 5.56 Å². The average Bonchev–Trinajstić information content (AvgIpc) is 3.49. The highest BCUT2D eigenvalue weighted by Gasteiger charge is 2.16. The summed E-state index contributed by atoms with van der Waals surface area (Å²) in [7, 11) is 0. The number of carbonyl (C=O) groups excluding carboxylic acids is 1. The van der Waals surface area contributed by atoms with Crippen LogP contribution < -0.4 is 19.5 Å². The van der Waals surface area contributed by atoms with Gasteiger partial charge < -0.3 is 23.9 Å². The molecule has 1 amide bonds. The van der Waals surface area contributed by atoms with Crippen LogP contribution in [0.5, 0.6) is 17.2 Å². The van der Waals surface area contributed by atoms with Gasteiger partial charge in [-0.3, -0.25) is 4.79 Å². The fourth-order valence-electron chi connectivity index (χ4n) is 4.16. The van der Waals surface area contributed by atoms with E-state index in [0.717, 1.165) is 44.5 Å². The minimum atomic E-state index is -0.186. The first-order valence-corrected chi connectivity index (χ1v) is 11.6. The Kier molecular flexibility index (Phi) is 6.19. The second-order valence-electron chi connectivity index (χ2n) is 8.53. The van der Waals surface area contributed by atoms with Crippen molar-refractivity contribution in [1.29, 1.82) is 0 Å². The van der Waals surface area contributed by atoms with Crippen molar-refractivity contribution in [3.8, 4) is 28.4 Å². The standard InChI is InChI=1S/C29H27NO5/c1-4-32-26-14-27-23(24(16-33-27)21-8-5-18(2)6-9-21)13-22(26)19(3)11-29(31)30-15-20-7-10-25-28(12-20)35-17-34-25/h5-14,16H,4,15,17H2,1-3H3,(H,30,31)/b19-11+. The Bertz CT molecular complexity index is 1420. The Morgan fingerprint density at radius 1 is 1.06 bits per heavy atom. The smallest absolute Gasteiger partial charge is 0.244 e. The molecule has 0 unspecified atom stereocenters. The minimum Gasteiger partial charge on any atom is -0.493 e. The van der Waals surface area contributed by atoms with Crippen LogP contribution in [0.25, 0.3) is 27.7 Å². The van der Waals surface area contributed by atoms with Gasteiger partial charge in [-0.15, -0.1) is 0 Å². The highest BCUT2D eigenvalue weighted by atomic mass is 16.7. The summed E-state index contributed by atoms with van der Waals surface area (Å²) in [6, 6.07) is 17.9. The van der Waals surface area contributed by atoms with E-state index >= 15 is 0 Å². The quantitative estimate of drug-likeness (QED) is 0.324. The third-order valence-electron chi connectivity index (χ3n) is 6.01. The summed E-state index contributed by atoms with van der Waals surface area (Å²) in [6.07, 6.45) is 3.37. The van der Waals surface area contributed by atoms with E-state index < -0.39 is 0 Å². The number of carbonyl (C=O) groups is 1. The van der Waals surface area contributed by atoms with Crippen molar-refractivity contribution in [2.24, 2.45) is 0 Å². The summed E-state index contributed by atoms with van der Waals surface area (Å²) in [5, 5.41) is 3.92. The number of hydrogen-bond acceptors (Lipinski definition) is 5. The van der Waals surface area contributed by atoms with Crippen molar-refractivity contribution in [1.82, 2.24) is 5.32 Å². The molecule has 0 saturated carbocycles. The number of rotatable bonds is 7. The van der Waals surface area contributed by atoms with Crippen LogP contribution in [0.4, 0.5) is 0 Å². The molecule has 0 atom stereocenters. The Hall–Kier alpha value is -4.19. The van der Waals surface area contributed by atoms with Crippen molar-refractivity contribution >= 4 is 22.4 Å². The highest BCUT2D eigenvalue weighted by molar-refractivity contribution is 6.00. The average molecular weight is 470 g/mol. The summed E-state index contributed by atoms with van der Waals surface area (Å²) in [4.78, 5) is 12.7. The number of hydrogen-bond donors (Lipinski definition) is 1. The first-order chi connectivity index (χ1) is 17.0. The summed E-state index contributed by atoms with van der Waals surface area (Å²) in [5.74, 6) is 1.91. The van der Waals surface area contributed by atoms with Gasteiger partial charge >= 0.3 is 0 Å². The predicted molar refractivity (Wildman–Crippen MR) is 136 cm³/mol. The molecule has 0 aliphatic carbocycles. The number of ether oxygens (including phenoxy) is 3. The first-order valence-electron chi connectivity index (χ1n) is 11.6. The number of allylic oxidation sites excluding steroid dienone is 1. The number of aryl methyl sites for hydroxylation is 1. The van der Waals surface area contributed by atoms with Crippen molar-refractivity contribution in [3.63, 3.8) is 0 Å². The largest absolute Gasteiger partial charge is 0.493 e. The van der Waals surface area contributed by atoms with Gasteiger partial charge in [-0.1, -0.05) is 35.9 Å². The summed E-state index contributed by atoms with van der Waals surface area (Å²) in [5.41, 5.74) is 6.62. The minimum absolute atomic E-state index is 0.186. The number of furan rings is 1. The number of nitrogens with one attached hydrogen (secondary N) is 1. The van der Waals surface area contributed by atoms with Gasteiger partial charge in [0.2, 0.25) is 12.7 Å². The maximum atomic E-state index is 12.7. The van der Waals surface area contributed by atoms with Gasteiger partial charge in [0.05, 0.1) is 12.9 Å². The lowest BCUT2D eigenvalue weighted by atomic mass is 9.98. The number of benzene rings is 3. The highest BCUT2D eigenvalue weighted by Crippen LogP contribution is 2.37. The van der Waals surface area contributed by atoms with E-state index in [9.17, 15) is 4.79 Å². The van der Waals surface area contributed by atoms with E-state index in [0.29, 0.717) is 24.7 Å². The molecule has 5 rings (SSSR count). The fraction of sp³-hybridized carbons (Fsp3) is 0.207. The normalized spacial score (nSPS) is 12.7. The summed E-state index contributed by atoms with van der Waals surface area (Å²) >= 11 is 0. The predicted octanol–water partition coefficient (Wildman–Crippen LogP) is 6.26. The summed E-state index contributed by atoms with van der Waals surface area (Å²) in [6.45, 7) is 7.03. The maximum Gasteiger partial charge on any atom is 0.244 e. The zero-order chi connectivity index (χ0) is 24.4. The molecule has 0 radical (unpaired) electrons. The Labute approximate surface area is 204 Å². The van der Waals surface area contributed by atoms with E-state index in [2.05, 4.69) is 36.5 Å². The Morgan fingerprint density at radius 3 is 2.66 bits per heavy atom. The van der Waals surface area contributed by atoms with E-state index in [1.807, 2.05) is 44.2 Å². The van der Waals surface area contributed by atoms with Crippen molar-refractivity contribution < 1.29 is 23.4 Å². The van der Waals surface area contributed by atoms with Gasteiger partial charge in [-0.25, -0.2) is 0 Å². The molecule has 6 heteroatoms. The van der Waals surface area contributed by atoms with Crippen LogP contribution in [-0.2, 0) is 11.3 Å². The van der Waals surface area contributed by atoms with Gasteiger partial charge in [0.25, 0.3) is 0 Å². The van der Waals surface area contributed by atoms with E-state index in [-0.39, 0.29) is 12.7 Å². The van der Waals surface area contributed by atoms with Gasteiger partial charge in [-0.05, 0) is 55.7 Å². The van der Waals surface area contributed by atoms with Gasteiger partial charge in [0.1, 0.15) is 11.3 Å². The van der Waals surface area contributed by atoms with Crippen molar-refractivity contribution in [2.45, 2.75) is 27.3 Å². The van der Waals surface area contributed by atoms with Gasteiger partial charge in [0.15, 0.2) is 11.5 Å². The molecular weight excluding hydrogens is 442 g/mol. The number of fused-ring (bicyclic) bond motifs is 2. The monoisotopic (exact) mass is 469 g/mol. The lowest BCUT2D eigenvalue weighted by Crippen LogP contribution is -2.20. The van der Waals surface area contributed by atoms with Crippen LogP contribution in [-0.4, -0.2) is 19.3 Å². The lowest BCUT2D eigenvalue weighted by molar-refractivity contribution is -0.116. The van der Waals surface area contributed by atoms with Crippen LogP contribution in [0.15, 0.2) is 71.4 Å². The molecule has 3 aromatic carbocycles.